The standard InChI is InChI=1S/C31H27Cl2N3O7S/c1-16-9-19(29(37)38)5-7-23(16)18-6-8-27(42-3)24(12-18)25-14-34-30(44(4,40)41)35-26(25)15-36-17(2)28(43-31(36)39)20-10-21(32)13-22(33)11-20/h5-14,17,28H,15H2,1-4H3,(H,37,38)/t17-,28-/m0/s1. The molecule has 2 atom stereocenters. The SMILES string of the molecule is COc1ccc(-c2ccc(C(=O)O)cc2C)cc1-c1cnc(S(C)(=O)=O)nc1CN1C(=O)O[C@H](c2cc(Cl)cc(Cl)c2)[C@@H]1C. The summed E-state index contributed by atoms with van der Waals surface area (Å²) in [5.41, 5.74) is 4.29. The van der Waals surface area contributed by atoms with E-state index >= 15 is 0 Å². The average Bonchev–Trinajstić information content (AvgIpc) is 3.24. The number of aromatic nitrogens is 2. The number of rotatable bonds is 8. The Kier molecular flexibility index (Phi) is 8.57. The molecule has 1 aromatic heterocycles. The summed E-state index contributed by atoms with van der Waals surface area (Å²) in [6.45, 7) is 3.50. The molecule has 1 fully saturated rings. The van der Waals surface area contributed by atoms with Gasteiger partial charge in [-0.3, -0.25) is 4.90 Å². The molecule has 1 aliphatic rings. The summed E-state index contributed by atoms with van der Waals surface area (Å²) < 4.78 is 36.3. The van der Waals surface area contributed by atoms with Crippen LogP contribution in [0.3, 0.4) is 0 Å². The fourth-order valence-electron chi connectivity index (χ4n) is 5.19. The number of methoxy groups -OCH3 is 1. The van der Waals surface area contributed by atoms with Crippen LogP contribution >= 0.6 is 23.2 Å². The van der Waals surface area contributed by atoms with E-state index in [0.29, 0.717) is 32.5 Å². The number of carboxylic acids is 1. The lowest BCUT2D eigenvalue weighted by molar-refractivity contribution is 0.0696. The first-order valence-corrected chi connectivity index (χ1v) is 15.9. The lowest BCUT2D eigenvalue weighted by Crippen LogP contribution is -2.32. The molecular weight excluding hydrogens is 629 g/mol. The number of carbonyl (C=O) groups excluding carboxylic acids is 1. The number of hydrogen-bond donors (Lipinski definition) is 1. The first-order valence-electron chi connectivity index (χ1n) is 13.3. The van der Waals surface area contributed by atoms with Gasteiger partial charge >= 0.3 is 12.1 Å². The number of halogens is 2. The molecule has 0 radical (unpaired) electrons. The van der Waals surface area contributed by atoms with Gasteiger partial charge in [0, 0.05) is 33.6 Å². The lowest BCUT2D eigenvalue weighted by Gasteiger charge is -2.22. The molecule has 5 rings (SSSR count). The van der Waals surface area contributed by atoms with Gasteiger partial charge in [0.05, 0.1) is 31.0 Å². The van der Waals surface area contributed by atoms with Crippen molar-refractivity contribution >= 4 is 45.1 Å². The second kappa shape index (κ2) is 12.1. The van der Waals surface area contributed by atoms with Gasteiger partial charge in [-0.1, -0.05) is 35.3 Å². The summed E-state index contributed by atoms with van der Waals surface area (Å²) in [4.78, 5) is 34.6. The van der Waals surface area contributed by atoms with E-state index in [2.05, 4.69) is 9.97 Å². The molecule has 0 aliphatic carbocycles. The van der Waals surface area contributed by atoms with Gasteiger partial charge in [-0.05, 0) is 78.6 Å². The number of cyclic esters (lactones) is 1. The number of carboxylic acid groups (broad SMARTS) is 1. The van der Waals surface area contributed by atoms with E-state index in [4.69, 9.17) is 32.7 Å². The first-order chi connectivity index (χ1) is 20.8. The smallest absolute Gasteiger partial charge is 0.411 e. The third-order valence-corrected chi connectivity index (χ3v) is 8.67. The van der Waals surface area contributed by atoms with E-state index in [9.17, 15) is 23.1 Å². The number of sulfone groups is 1. The van der Waals surface area contributed by atoms with E-state index in [1.165, 1.54) is 24.3 Å². The molecule has 2 heterocycles. The maximum Gasteiger partial charge on any atom is 0.411 e. The maximum atomic E-state index is 13.2. The van der Waals surface area contributed by atoms with Crippen LogP contribution in [0.5, 0.6) is 5.75 Å². The molecule has 0 unspecified atom stereocenters. The fraction of sp³-hybridized carbons (Fsp3) is 0.226. The minimum absolute atomic E-state index is 0.106. The second-order valence-corrected chi connectivity index (χ2v) is 13.2. The zero-order chi connectivity index (χ0) is 31.9. The molecule has 44 heavy (non-hydrogen) atoms. The van der Waals surface area contributed by atoms with Crippen LogP contribution in [0, 0.1) is 6.92 Å². The first kappa shape index (κ1) is 31.2. The Bertz CT molecular complexity index is 1900. The second-order valence-electron chi connectivity index (χ2n) is 10.4. The minimum Gasteiger partial charge on any atom is -0.496 e. The van der Waals surface area contributed by atoms with E-state index in [-0.39, 0.29) is 17.8 Å². The third kappa shape index (κ3) is 6.21. The predicted molar refractivity (Wildman–Crippen MR) is 165 cm³/mol. The largest absolute Gasteiger partial charge is 0.496 e. The summed E-state index contributed by atoms with van der Waals surface area (Å²) in [5.74, 6) is -0.577. The number of hydrogen-bond acceptors (Lipinski definition) is 8. The van der Waals surface area contributed by atoms with Gasteiger partial charge < -0.3 is 14.6 Å². The summed E-state index contributed by atoms with van der Waals surface area (Å²) in [6.07, 6.45) is 1.08. The van der Waals surface area contributed by atoms with Crippen molar-refractivity contribution in [3.63, 3.8) is 0 Å². The average molecular weight is 657 g/mol. The number of nitrogens with zero attached hydrogens (tertiary/aromatic N) is 3. The Morgan fingerprint density at radius 3 is 2.36 bits per heavy atom. The van der Waals surface area contributed by atoms with Gasteiger partial charge in [0.25, 0.3) is 0 Å². The quantitative estimate of drug-likeness (QED) is 0.208. The molecule has 1 saturated heterocycles. The Hall–Kier alpha value is -4.19. The Morgan fingerprint density at radius 1 is 1.05 bits per heavy atom. The van der Waals surface area contributed by atoms with Crippen molar-refractivity contribution in [2.24, 2.45) is 0 Å². The molecule has 0 bridgehead atoms. The molecule has 1 N–H and O–H groups in total. The van der Waals surface area contributed by atoms with Gasteiger partial charge in [-0.25, -0.2) is 28.0 Å². The molecule has 10 nitrogen and oxygen atoms in total. The van der Waals surface area contributed by atoms with Crippen molar-refractivity contribution in [2.45, 2.75) is 37.7 Å². The third-order valence-electron chi connectivity index (χ3n) is 7.38. The minimum atomic E-state index is -3.80. The van der Waals surface area contributed by atoms with Crippen molar-refractivity contribution in [1.82, 2.24) is 14.9 Å². The number of benzene rings is 3. The highest BCUT2D eigenvalue weighted by Crippen LogP contribution is 2.39. The Balaban J connectivity index is 1.60. The summed E-state index contributed by atoms with van der Waals surface area (Å²) in [7, 11) is -2.30. The molecule has 13 heteroatoms. The molecule has 228 valence electrons. The van der Waals surface area contributed by atoms with Gasteiger partial charge in [0.15, 0.2) is 0 Å². The molecule has 1 aliphatic heterocycles. The van der Waals surface area contributed by atoms with Crippen LogP contribution in [0.2, 0.25) is 10.0 Å². The summed E-state index contributed by atoms with van der Waals surface area (Å²) in [6, 6.07) is 14.7. The van der Waals surface area contributed by atoms with E-state index in [1.54, 1.807) is 43.3 Å². The molecular formula is C31H27Cl2N3O7S. The van der Waals surface area contributed by atoms with Crippen molar-refractivity contribution in [3.8, 4) is 28.0 Å². The Morgan fingerprint density at radius 2 is 1.75 bits per heavy atom. The highest BCUT2D eigenvalue weighted by atomic mass is 35.5. The monoisotopic (exact) mass is 655 g/mol. The highest BCUT2D eigenvalue weighted by Gasteiger charge is 2.40. The van der Waals surface area contributed by atoms with Crippen LogP contribution in [-0.2, 0) is 21.1 Å². The van der Waals surface area contributed by atoms with E-state index in [1.807, 2.05) is 19.1 Å². The van der Waals surface area contributed by atoms with Gasteiger partial charge in [0.2, 0.25) is 15.0 Å². The zero-order valence-corrected chi connectivity index (χ0v) is 26.4. The van der Waals surface area contributed by atoms with E-state index < -0.39 is 39.2 Å². The van der Waals surface area contributed by atoms with Crippen molar-refractivity contribution in [3.05, 3.63) is 93.2 Å². The molecule has 1 amide bonds. The summed E-state index contributed by atoms with van der Waals surface area (Å²) >= 11 is 12.4. The van der Waals surface area contributed by atoms with Crippen molar-refractivity contribution in [2.75, 3.05) is 13.4 Å². The molecule has 3 aromatic carbocycles. The number of amides is 1. The fourth-order valence-corrected chi connectivity index (χ4v) is 6.25. The normalized spacial score (nSPS) is 16.6. The zero-order valence-electron chi connectivity index (χ0n) is 24.0. The van der Waals surface area contributed by atoms with Crippen LogP contribution in [0.15, 0.2) is 66.0 Å². The van der Waals surface area contributed by atoms with E-state index in [0.717, 1.165) is 22.9 Å². The lowest BCUT2D eigenvalue weighted by atomic mass is 9.94. The topological polar surface area (TPSA) is 136 Å². The van der Waals surface area contributed by atoms with Crippen LogP contribution in [0.4, 0.5) is 4.79 Å². The summed E-state index contributed by atoms with van der Waals surface area (Å²) in [5, 5.41) is 9.77. The molecule has 0 saturated carbocycles. The molecule has 4 aromatic rings. The highest BCUT2D eigenvalue weighted by molar-refractivity contribution is 7.90. The maximum absolute atomic E-state index is 13.2. The van der Waals surface area contributed by atoms with Gasteiger partial charge in [-0.15, -0.1) is 0 Å². The van der Waals surface area contributed by atoms with Crippen molar-refractivity contribution < 1.29 is 32.6 Å². The van der Waals surface area contributed by atoms with Crippen LogP contribution in [0.25, 0.3) is 22.3 Å². The van der Waals surface area contributed by atoms with Crippen LogP contribution in [-0.4, -0.2) is 59.9 Å². The van der Waals surface area contributed by atoms with Gasteiger partial charge in [-0.2, -0.15) is 0 Å². The van der Waals surface area contributed by atoms with Crippen LogP contribution in [0.1, 0.15) is 40.2 Å². The predicted octanol–water partition coefficient (Wildman–Crippen LogP) is 6.62. The van der Waals surface area contributed by atoms with Gasteiger partial charge in [0.1, 0.15) is 11.9 Å². The number of carbonyl (C=O) groups is 2. The van der Waals surface area contributed by atoms with Crippen LogP contribution < -0.4 is 4.74 Å². The number of aryl methyl sites for hydroxylation is 1. The Labute approximate surface area is 264 Å². The number of aromatic carboxylic acids is 1. The van der Waals surface area contributed by atoms with Crippen molar-refractivity contribution in [1.29, 1.82) is 0 Å². The molecule has 0 spiro atoms. The number of ether oxygens (including phenoxy) is 2.